The maximum absolute atomic E-state index is 6.11. The van der Waals surface area contributed by atoms with Crippen LogP contribution in [0.1, 0.15) is 23.6 Å². The number of nitrogens with one attached hydrogen (secondary N) is 1. The summed E-state index contributed by atoms with van der Waals surface area (Å²) in [7, 11) is 0. The second-order valence-corrected chi connectivity index (χ2v) is 6.77. The minimum Gasteiger partial charge on any atom is -0.493 e. The van der Waals surface area contributed by atoms with Gasteiger partial charge in [0.05, 0.1) is 32.4 Å². The van der Waals surface area contributed by atoms with E-state index >= 15 is 0 Å². The highest BCUT2D eigenvalue weighted by atomic mass is 127. The van der Waals surface area contributed by atoms with Crippen LogP contribution in [0.15, 0.2) is 47.5 Å². The smallest absolute Gasteiger partial charge is 0.189 e. The van der Waals surface area contributed by atoms with Crippen molar-refractivity contribution in [1.29, 1.82) is 0 Å². The van der Waals surface area contributed by atoms with E-state index in [2.05, 4.69) is 10.3 Å². The summed E-state index contributed by atoms with van der Waals surface area (Å²) in [5.41, 5.74) is 8.00. The molecule has 0 fully saturated rings. The molecule has 1 aliphatic heterocycles. The van der Waals surface area contributed by atoms with Crippen molar-refractivity contribution >= 4 is 53.1 Å². The van der Waals surface area contributed by atoms with Gasteiger partial charge in [0.25, 0.3) is 0 Å². The second kappa shape index (κ2) is 10.9. The summed E-state index contributed by atoms with van der Waals surface area (Å²) in [6, 6.07) is 13.4. The Labute approximate surface area is 186 Å². The molecule has 0 aliphatic carbocycles. The highest BCUT2D eigenvalue weighted by Crippen LogP contribution is 2.31. The van der Waals surface area contributed by atoms with Gasteiger partial charge in [0, 0.05) is 22.0 Å². The fraction of sp³-hybridized carbons (Fsp3) is 0.316. The van der Waals surface area contributed by atoms with Crippen molar-refractivity contribution in [3.8, 4) is 5.75 Å². The van der Waals surface area contributed by atoms with Gasteiger partial charge >= 0.3 is 0 Å². The molecule has 0 aromatic heterocycles. The van der Waals surface area contributed by atoms with Crippen molar-refractivity contribution in [1.82, 2.24) is 5.32 Å². The fourth-order valence-electron chi connectivity index (χ4n) is 2.77. The highest BCUT2D eigenvalue weighted by molar-refractivity contribution is 14.0. The quantitative estimate of drug-likeness (QED) is 0.253. The third-order valence-corrected chi connectivity index (χ3v) is 4.66. The van der Waals surface area contributed by atoms with Gasteiger partial charge in [-0.05, 0) is 23.8 Å². The Kier molecular flexibility index (Phi) is 8.95. The van der Waals surface area contributed by atoms with Gasteiger partial charge in [0.15, 0.2) is 5.96 Å². The highest BCUT2D eigenvalue weighted by Gasteiger charge is 2.21. The Balaban J connectivity index is 0.00000261. The first-order valence-corrected chi connectivity index (χ1v) is 9.19. The van der Waals surface area contributed by atoms with Gasteiger partial charge in [-0.15, -0.1) is 24.0 Å². The van der Waals surface area contributed by atoms with Crippen LogP contribution in [0.5, 0.6) is 5.75 Å². The Morgan fingerprint density at radius 1 is 1.26 bits per heavy atom. The van der Waals surface area contributed by atoms with Crippen LogP contribution < -0.4 is 15.8 Å². The summed E-state index contributed by atoms with van der Waals surface area (Å²) in [6.45, 7) is 1.99. The number of aliphatic imine (C=N–C) groups is 1. The van der Waals surface area contributed by atoms with Gasteiger partial charge in [0.2, 0.25) is 0 Å². The maximum atomic E-state index is 6.11. The molecule has 1 heterocycles. The van der Waals surface area contributed by atoms with Crippen LogP contribution in [0.2, 0.25) is 10.0 Å². The number of guanidine groups is 1. The van der Waals surface area contributed by atoms with Gasteiger partial charge in [-0.25, -0.2) is 0 Å². The molecule has 146 valence electrons. The number of ether oxygens (including phenoxy) is 2. The molecule has 0 bridgehead atoms. The van der Waals surface area contributed by atoms with Crippen LogP contribution in [0, 0.1) is 0 Å². The standard InChI is InChI=1S/C19H21Cl2N3O2.HI/c20-14-6-5-13(16(21)11-14)12-25-10-8-23-19(22)24-17-7-9-26-18-4-2-1-3-15(17)18;/h1-6,11,17H,7-10,12H2,(H3,22,23,24);1H. The van der Waals surface area contributed by atoms with Gasteiger partial charge in [-0.1, -0.05) is 47.5 Å². The minimum absolute atomic E-state index is 0. The van der Waals surface area contributed by atoms with Crippen molar-refractivity contribution in [3.05, 3.63) is 63.6 Å². The monoisotopic (exact) mass is 521 g/mol. The lowest BCUT2D eigenvalue weighted by Crippen LogP contribution is -2.37. The third kappa shape index (κ3) is 6.41. The number of fused-ring (bicyclic) bond motifs is 1. The molecule has 5 nitrogen and oxygen atoms in total. The minimum atomic E-state index is 0. The Morgan fingerprint density at radius 3 is 2.89 bits per heavy atom. The second-order valence-electron chi connectivity index (χ2n) is 5.93. The summed E-state index contributed by atoms with van der Waals surface area (Å²) in [5.74, 6) is 1.30. The molecule has 0 spiro atoms. The van der Waals surface area contributed by atoms with Crippen molar-refractivity contribution in [3.63, 3.8) is 0 Å². The van der Waals surface area contributed by atoms with E-state index in [1.165, 1.54) is 0 Å². The lowest BCUT2D eigenvalue weighted by molar-refractivity contribution is 0.128. The summed E-state index contributed by atoms with van der Waals surface area (Å²) in [5, 5.41) is 4.46. The van der Waals surface area contributed by atoms with Crippen molar-refractivity contribution < 1.29 is 9.47 Å². The summed E-state index contributed by atoms with van der Waals surface area (Å²) in [6.07, 6.45) is 0.846. The SMILES string of the molecule is I.NC(=NCCOCc1ccc(Cl)cc1Cl)NC1CCOc2ccccc21. The number of para-hydroxylation sites is 1. The predicted octanol–water partition coefficient (Wildman–Crippen LogP) is 4.56. The normalized spacial score (nSPS) is 16.1. The number of benzene rings is 2. The van der Waals surface area contributed by atoms with E-state index in [4.69, 9.17) is 38.4 Å². The van der Waals surface area contributed by atoms with E-state index in [-0.39, 0.29) is 30.0 Å². The van der Waals surface area contributed by atoms with E-state index in [0.717, 1.165) is 23.3 Å². The summed E-state index contributed by atoms with van der Waals surface area (Å²) >= 11 is 12.0. The first kappa shape index (κ1) is 22.1. The number of nitrogens with zero attached hydrogens (tertiary/aromatic N) is 1. The molecule has 27 heavy (non-hydrogen) atoms. The van der Waals surface area contributed by atoms with Crippen LogP contribution in [-0.2, 0) is 11.3 Å². The maximum Gasteiger partial charge on any atom is 0.189 e. The van der Waals surface area contributed by atoms with Gasteiger partial charge in [-0.3, -0.25) is 4.99 Å². The molecule has 1 aliphatic rings. The van der Waals surface area contributed by atoms with Gasteiger partial charge < -0.3 is 20.5 Å². The molecule has 3 rings (SSSR count). The molecule has 0 saturated carbocycles. The van der Waals surface area contributed by atoms with Gasteiger partial charge in [-0.2, -0.15) is 0 Å². The molecule has 1 atom stereocenters. The average molecular weight is 522 g/mol. The van der Waals surface area contributed by atoms with Gasteiger partial charge in [0.1, 0.15) is 5.75 Å². The van der Waals surface area contributed by atoms with E-state index in [9.17, 15) is 0 Å². The lowest BCUT2D eigenvalue weighted by Gasteiger charge is -2.26. The molecular formula is C19H22Cl2IN3O2. The summed E-state index contributed by atoms with van der Waals surface area (Å²) < 4.78 is 11.2. The summed E-state index contributed by atoms with van der Waals surface area (Å²) in [4.78, 5) is 4.32. The van der Waals surface area contributed by atoms with E-state index < -0.39 is 0 Å². The lowest BCUT2D eigenvalue weighted by atomic mass is 10.0. The number of hydrogen-bond acceptors (Lipinski definition) is 3. The molecule has 8 heteroatoms. The van der Waals surface area contributed by atoms with Crippen LogP contribution in [0.25, 0.3) is 0 Å². The third-order valence-electron chi connectivity index (χ3n) is 4.07. The van der Waals surface area contributed by atoms with Crippen LogP contribution >= 0.6 is 47.2 Å². The molecule has 2 aromatic carbocycles. The fourth-order valence-corrected chi connectivity index (χ4v) is 3.23. The Hall–Kier alpha value is -1.22. The average Bonchev–Trinajstić information content (AvgIpc) is 2.63. The van der Waals surface area contributed by atoms with E-state index in [1.54, 1.807) is 12.1 Å². The Morgan fingerprint density at radius 2 is 2.07 bits per heavy atom. The van der Waals surface area contributed by atoms with Crippen molar-refractivity contribution in [2.45, 2.75) is 19.1 Å². The Bertz CT molecular complexity index is 789. The van der Waals surface area contributed by atoms with Crippen LogP contribution in [0.3, 0.4) is 0 Å². The largest absolute Gasteiger partial charge is 0.493 e. The molecular weight excluding hydrogens is 500 g/mol. The number of hydrogen-bond donors (Lipinski definition) is 2. The first-order valence-electron chi connectivity index (χ1n) is 8.43. The molecule has 1 unspecified atom stereocenters. The predicted molar refractivity (Wildman–Crippen MR) is 120 cm³/mol. The topological polar surface area (TPSA) is 68.9 Å². The molecule has 0 amide bonds. The molecule has 2 aromatic rings. The number of nitrogens with two attached hydrogens (primary N) is 1. The van der Waals surface area contributed by atoms with Crippen molar-refractivity contribution in [2.24, 2.45) is 10.7 Å². The zero-order valence-electron chi connectivity index (χ0n) is 14.7. The molecule has 0 saturated heterocycles. The molecule has 3 N–H and O–H groups in total. The van der Waals surface area contributed by atoms with E-state index in [1.807, 2.05) is 30.3 Å². The van der Waals surface area contributed by atoms with Crippen LogP contribution in [-0.4, -0.2) is 25.7 Å². The zero-order valence-corrected chi connectivity index (χ0v) is 18.5. The first-order chi connectivity index (χ1) is 12.6. The van der Waals surface area contributed by atoms with Crippen LogP contribution in [0.4, 0.5) is 0 Å². The number of halogens is 3. The zero-order chi connectivity index (χ0) is 18.4. The van der Waals surface area contributed by atoms with E-state index in [0.29, 0.717) is 42.4 Å². The number of rotatable bonds is 6. The van der Waals surface area contributed by atoms with Crippen molar-refractivity contribution in [2.75, 3.05) is 19.8 Å². The molecule has 0 radical (unpaired) electrons.